The van der Waals surface area contributed by atoms with Crippen molar-refractivity contribution in [2.24, 2.45) is 0 Å². The number of thiazole rings is 1. The van der Waals surface area contributed by atoms with Crippen molar-refractivity contribution in [1.82, 2.24) is 9.29 Å². The van der Waals surface area contributed by atoms with Crippen molar-refractivity contribution in [2.75, 3.05) is 11.4 Å². The molecule has 5 rings (SSSR count). The van der Waals surface area contributed by atoms with Gasteiger partial charge < -0.3 is 0 Å². The number of amides is 1. The number of carbonyl (C=O) groups is 1. The van der Waals surface area contributed by atoms with Crippen LogP contribution in [0.15, 0.2) is 70.3 Å². The Balaban J connectivity index is 1.53. The summed E-state index contributed by atoms with van der Waals surface area (Å²) in [7, 11) is -3.72. The lowest BCUT2D eigenvalue weighted by Crippen LogP contribution is -2.47. The molecule has 0 bridgehead atoms. The molecule has 1 unspecified atom stereocenters. The Hall–Kier alpha value is -2.59. The van der Waals surface area contributed by atoms with Gasteiger partial charge in [-0.05, 0) is 54.5 Å². The summed E-state index contributed by atoms with van der Waals surface area (Å²) in [6.45, 7) is 2.70. The van der Waals surface area contributed by atoms with Gasteiger partial charge in [0, 0.05) is 6.54 Å². The van der Waals surface area contributed by atoms with Gasteiger partial charge in [0.2, 0.25) is 5.91 Å². The van der Waals surface area contributed by atoms with E-state index >= 15 is 0 Å². The van der Waals surface area contributed by atoms with Crippen LogP contribution in [-0.2, 0) is 21.4 Å². The van der Waals surface area contributed by atoms with Gasteiger partial charge in [0.25, 0.3) is 10.0 Å². The molecule has 0 saturated carbocycles. The first-order valence-electron chi connectivity index (χ1n) is 10.7. The van der Waals surface area contributed by atoms with Crippen molar-refractivity contribution in [1.29, 1.82) is 0 Å². The predicted octanol–water partition coefficient (Wildman–Crippen LogP) is 5.05. The first-order valence-corrected chi connectivity index (χ1v) is 13.8. The quantitative estimate of drug-likeness (QED) is 0.374. The SMILES string of the molecule is Cc1ccc2nc(N(Cc3ccccc3)C(=O)C3CCCN3S(=O)(=O)c3cccs3)sc2c1. The van der Waals surface area contributed by atoms with Crippen LogP contribution < -0.4 is 4.90 Å². The number of thiophene rings is 1. The van der Waals surface area contributed by atoms with Crippen LogP contribution in [0.3, 0.4) is 0 Å². The van der Waals surface area contributed by atoms with Crippen molar-refractivity contribution >= 4 is 54.0 Å². The first kappa shape index (κ1) is 22.2. The third kappa shape index (κ3) is 4.33. The molecule has 0 spiro atoms. The smallest absolute Gasteiger partial charge is 0.253 e. The molecule has 4 aromatic rings. The molecule has 170 valence electrons. The highest BCUT2D eigenvalue weighted by molar-refractivity contribution is 7.91. The summed E-state index contributed by atoms with van der Waals surface area (Å²) in [5.41, 5.74) is 2.93. The summed E-state index contributed by atoms with van der Waals surface area (Å²) < 4.78 is 29.2. The van der Waals surface area contributed by atoms with Crippen LogP contribution in [0.1, 0.15) is 24.0 Å². The van der Waals surface area contributed by atoms with E-state index in [-0.39, 0.29) is 10.1 Å². The largest absolute Gasteiger partial charge is 0.282 e. The summed E-state index contributed by atoms with van der Waals surface area (Å²) in [6.07, 6.45) is 1.15. The average Bonchev–Trinajstić information content (AvgIpc) is 3.58. The van der Waals surface area contributed by atoms with E-state index in [1.54, 1.807) is 22.4 Å². The van der Waals surface area contributed by atoms with Crippen molar-refractivity contribution in [3.05, 3.63) is 77.2 Å². The molecule has 9 heteroatoms. The zero-order valence-corrected chi connectivity index (χ0v) is 20.5. The first-order chi connectivity index (χ1) is 15.9. The van der Waals surface area contributed by atoms with Crippen molar-refractivity contribution in [2.45, 2.75) is 36.6 Å². The van der Waals surface area contributed by atoms with Crippen LogP contribution in [0.25, 0.3) is 10.2 Å². The fraction of sp³-hybridized carbons (Fsp3) is 0.250. The minimum atomic E-state index is -3.72. The van der Waals surface area contributed by atoms with Gasteiger partial charge in [-0.25, -0.2) is 13.4 Å². The molecule has 1 amide bonds. The predicted molar refractivity (Wildman–Crippen MR) is 133 cm³/mol. The zero-order valence-electron chi connectivity index (χ0n) is 18.0. The molecule has 0 radical (unpaired) electrons. The number of fused-ring (bicyclic) bond motifs is 1. The Morgan fingerprint density at radius 2 is 1.97 bits per heavy atom. The van der Waals surface area contributed by atoms with E-state index in [1.807, 2.05) is 49.4 Å². The van der Waals surface area contributed by atoms with E-state index < -0.39 is 16.1 Å². The molecule has 1 saturated heterocycles. The molecule has 33 heavy (non-hydrogen) atoms. The van der Waals surface area contributed by atoms with Crippen LogP contribution in [0.5, 0.6) is 0 Å². The molecule has 0 aliphatic carbocycles. The Kier molecular flexibility index (Phi) is 6.05. The molecular weight excluding hydrogens is 474 g/mol. The van der Waals surface area contributed by atoms with Crippen LogP contribution >= 0.6 is 22.7 Å². The summed E-state index contributed by atoms with van der Waals surface area (Å²) in [4.78, 5) is 20.3. The van der Waals surface area contributed by atoms with Crippen LogP contribution in [0.4, 0.5) is 5.13 Å². The number of anilines is 1. The van der Waals surface area contributed by atoms with Crippen LogP contribution in [0, 0.1) is 6.92 Å². The summed E-state index contributed by atoms with van der Waals surface area (Å²) in [6, 6.07) is 18.3. The topological polar surface area (TPSA) is 70.6 Å². The van der Waals surface area contributed by atoms with Crippen molar-refractivity contribution < 1.29 is 13.2 Å². The molecule has 0 N–H and O–H groups in total. The molecule has 6 nitrogen and oxygen atoms in total. The lowest BCUT2D eigenvalue weighted by Gasteiger charge is -2.28. The molecule has 2 aromatic carbocycles. The molecule has 1 aliphatic rings. The van der Waals surface area contributed by atoms with Gasteiger partial charge in [0.05, 0.1) is 16.8 Å². The molecule has 3 heterocycles. The monoisotopic (exact) mass is 497 g/mol. The van der Waals surface area contributed by atoms with Crippen molar-refractivity contribution in [3.63, 3.8) is 0 Å². The third-order valence-electron chi connectivity index (χ3n) is 5.76. The minimum Gasteiger partial charge on any atom is -0.282 e. The Labute approximate surface area is 201 Å². The minimum absolute atomic E-state index is 0.229. The van der Waals surface area contributed by atoms with Crippen LogP contribution in [0.2, 0.25) is 0 Å². The van der Waals surface area contributed by atoms with E-state index in [1.165, 1.54) is 27.0 Å². The average molecular weight is 498 g/mol. The highest BCUT2D eigenvalue weighted by Crippen LogP contribution is 2.34. The number of nitrogens with zero attached hydrogens (tertiary/aromatic N) is 3. The van der Waals surface area contributed by atoms with Gasteiger partial charge in [-0.15, -0.1) is 11.3 Å². The Morgan fingerprint density at radius 1 is 1.15 bits per heavy atom. The number of sulfonamides is 1. The number of benzene rings is 2. The van der Waals surface area contributed by atoms with Crippen LogP contribution in [-0.4, -0.2) is 36.2 Å². The summed E-state index contributed by atoms with van der Waals surface area (Å²) >= 11 is 2.64. The van der Waals surface area contributed by atoms with Gasteiger partial charge in [0.15, 0.2) is 5.13 Å². The van der Waals surface area contributed by atoms with Gasteiger partial charge in [0.1, 0.15) is 10.3 Å². The lowest BCUT2D eigenvalue weighted by molar-refractivity contribution is -0.121. The van der Waals surface area contributed by atoms with E-state index in [4.69, 9.17) is 4.98 Å². The number of aryl methyl sites for hydroxylation is 1. The maximum atomic E-state index is 13.9. The van der Waals surface area contributed by atoms with Gasteiger partial charge in [-0.3, -0.25) is 9.69 Å². The van der Waals surface area contributed by atoms with E-state index in [2.05, 4.69) is 6.07 Å². The van der Waals surface area contributed by atoms with Gasteiger partial charge in [-0.1, -0.05) is 53.8 Å². The normalized spacial score (nSPS) is 16.9. The van der Waals surface area contributed by atoms with Gasteiger partial charge >= 0.3 is 0 Å². The van der Waals surface area contributed by atoms with Gasteiger partial charge in [-0.2, -0.15) is 4.31 Å². The lowest BCUT2D eigenvalue weighted by atomic mass is 10.1. The van der Waals surface area contributed by atoms with E-state index in [0.717, 1.165) is 21.3 Å². The maximum Gasteiger partial charge on any atom is 0.253 e. The number of hydrogen-bond acceptors (Lipinski definition) is 6. The molecule has 1 aliphatic heterocycles. The molecule has 1 atom stereocenters. The summed E-state index contributed by atoms with van der Waals surface area (Å²) in [5, 5.41) is 2.33. The zero-order chi connectivity index (χ0) is 23.0. The van der Waals surface area contributed by atoms with E-state index in [9.17, 15) is 13.2 Å². The fourth-order valence-electron chi connectivity index (χ4n) is 4.12. The second-order valence-corrected chi connectivity index (χ2v) is 12.2. The fourth-order valence-corrected chi connectivity index (χ4v) is 7.96. The number of aromatic nitrogens is 1. The maximum absolute atomic E-state index is 13.9. The highest BCUT2D eigenvalue weighted by Gasteiger charge is 2.42. The number of carbonyl (C=O) groups excluding carboxylic acids is 1. The highest BCUT2D eigenvalue weighted by atomic mass is 32.2. The second-order valence-electron chi connectivity index (χ2n) is 8.08. The molecule has 1 fully saturated rings. The molecular formula is C24H23N3O3S3. The third-order valence-corrected chi connectivity index (χ3v) is 10.1. The molecule has 2 aromatic heterocycles. The number of hydrogen-bond donors (Lipinski definition) is 0. The summed E-state index contributed by atoms with van der Waals surface area (Å²) in [5.74, 6) is -0.229. The second kappa shape index (κ2) is 8.98. The number of rotatable bonds is 6. The van der Waals surface area contributed by atoms with E-state index in [0.29, 0.717) is 31.1 Å². The van der Waals surface area contributed by atoms with Crippen molar-refractivity contribution in [3.8, 4) is 0 Å². The Morgan fingerprint density at radius 3 is 2.73 bits per heavy atom. The Bertz CT molecular complexity index is 1380. The standard InChI is InChI=1S/C24H23N3O3S3/c1-17-11-12-19-21(15-17)32-24(25-19)26(16-18-7-3-2-4-8-18)23(28)20-9-5-13-27(20)33(29,30)22-10-6-14-31-22/h2-4,6-8,10-12,14-15,20H,5,9,13,16H2,1H3.